The second kappa shape index (κ2) is 7.46. The van der Waals surface area contributed by atoms with Crippen molar-refractivity contribution in [1.29, 1.82) is 0 Å². The fourth-order valence-corrected chi connectivity index (χ4v) is 2.74. The third-order valence-electron chi connectivity index (χ3n) is 3.77. The Morgan fingerprint density at radius 2 is 1.93 bits per heavy atom. The summed E-state index contributed by atoms with van der Waals surface area (Å²) in [6, 6.07) is 8.78. The zero-order chi connectivity index (χ0) is 19.6. The van der Waals surface area contributed by atoms with Crippen LogP contribution in [0.15, 0.2) is 42.6 Å². The van der Waals surface area contributed by atoms with Gasteiger partial charge in [-0.2, -0.15) is 0 Å². The van der Waals surface area contributed by atoms with Gasteiger partial charge in [-0.1, -0.05) is 11.6 Å². The minimum absolute atomic E-state index is 0.0484. The zero-order valence-electron chi connectivity index (χ0n) is 14.3. The van der Waals surface area contributed by atoms with Crippen molar-refractivity contribution in [3.63, 3.8) is 0 Å². The first-order chi connectivity index (χ1) is 12.9. The molecule has 0 bridgehead atoms. The van der Waals surface area contributed by atoms with Gasteiger partial charge in [-0.05, 0) is 18.2 Å². The Hall–Kier alpha value is -3.39. The van der Waals surface area contributed by atoms with Crippen LogP contribution in [0.1, 0.15) is 10.4 Å². The van der Waals surface area contributed by atoms with Gasteiger partial charge in [0.1, 0.15) is 27.8 Å². The van der Waals surface area contributed by atoms with Gasteiger partial charge in [0.25, 0.3) is 5.69 Å². The van der Waals surface area contributed by atoms with Crippen LogP contribution in [0.5, 0.6) is 17.2 Å². The van der Waals surface area contributed by atoms with Crippen LogP contribution in [0.25, 0.3) is 10.9 Å². The monoisotopic (exact) mass is 388 g/mol. The Bertz CT molecular complexity index is 1050. The number of aromatic nitrogens is 1. The summed E-state index contributed by atoms with van der Waals surface area (Å²) in [5, 5.41) is 11.4. The third kappa shape index (κ3) is 3.61. The summed E-state index contributed by atoms with van der Waals surface area (Å²) >= 11 is 5.92. The van der Waals surface area contributed by atoms with Crippen molar-refractivity contribution in [3.8, 4) is 17.2 Å². The fraction of sp³-hybridized carbons (Fsp3) is 0.111. The van der Waals surface area contributed by atoms with Crippen molar-refractivity contribution in [1.82, 2.24) is 4.98 Å². The van der Waals surface area contributed by atoms with Crippen LogP contribution in [-0.2, 0) is 4.74 Å². The standard InChI is InChI=1S/C18H13ClN2O6/c1-25-17-9-14-11(8-12(17)18(22)26-2)16(5-6-20-14)27-10-3-4-15(21(23)24)13(19)7-10/h3-9H,1-2H3. The van der Waals surface area contributed by atoms with E-state index in [1.165, 1.54) is 38.6 Å². The smallest absolute Gasteiger partial charge is 0.341 e. The zero-order valence-corrected chi connectivity index (χ0v) is 15.0. The number of benzene rings is 2. The first-order valence-corrected chi connectivity index (χ1v) is 7.99. The van der Waals surface area contributed by atoms with Gasteiger partial charge in [0.05, 0.1) is 24.7 Å². The highest BCUT2D eigenvalue weighted by Gasteiger charge is 2.18. The minimum Gasteiger partial charge on any atom is -0.496 e. The van der Waals surface area contributed by atoms with E-state index in [2.05, 4.69) is 4.98 Å². The Kier molecular flexibility index (Phi) is 5.09. The number of methoxy groups -OCH3 is 2. The van der Waals surface area contributed by atoms with E-state index in [1.807, 2.05) is 0 Å². The van der Waals surface area contributed by atoms with Crippen LogP contribution in [-0.4, -0.2) is 30.1 Å². The van der Waals surface area contributed by atoms with Crippen LogP contribution in [0, 0.1) is 10.1 Å². The van der Waals surface area contributed by atoms with Gasteiger partial charge < -0.3 is 14.2 Å². The highest BCUT2D eigenvalue weighted by atomic mass is 35.5. The molecule has 0 atom stereocenters. The van der Waals surface area contributed by atoms with Gasteiger partial charge >= 0.3 is 5.97 Å². The molecule has 1 aromatic heterocycles. The van der Waals surface area contributed by atoms with E-state index in [1.54, 1.807) is 18.2 Å². The molecule has 2 aromatic carbocycles. The van der Waals surface area contributed by atoms with Gasteiger partial charge in [0, 0.05) is 29.8 Å². The highest BCUT2D eigenvalue weighted by molar-refractivity contribution is 6.32. The number of nitro groups is 1. The van der Waals surface area contributed by atoms with Crippen molar-refractivity contribution in [2.24, 2.45) is 0 Å². The summed E-state index contributed by atoms with van der Waals surface area (Å²) in [6.45, 7) is 0. The SMILES string of the molecule is COC(=O)c1cc2c(Oc3ccc([N+](=O)[O-])c(Cl)c3)ccnc2cc1OC. The maximum atomic E-state index is 12.0. The van der Waals surface area contributed by atoms with Crippen LogP contribution in [0.2, 0.25) is 5.02 Å². The average Bonchev–Trinajstić information content (AvgIpc) is 2.66. The normalized spacial score (nSPS) is 10.5. The van der Waals surface area contributed by atoms with Crippen LogP contribution < -0.4 is 9.47 Å². The number of rotatable bonds is 5. The Morgan fingerprint density at radius 3 is 2.56 bits per heavy atom. The summed E-state index contributed by atoms with van der Waals surface area (Å²) in [5.74, 6) is 0.436. The topological polar surface area (TPSA) is 101 Å². The second-order valence-corrected chi connectivity index (χ2v) is 5.75. The Labute approximate surface area is 158 Å². The van der Waals surface area contributed by atoms with E-state index in [9.17, 15) is 14.9 Å². The van der Waals surface area contributed by atoms with E-state index in [0.717, 1.165) is 0 Å². The molecule has 138 valence electrons. The number of ether oxygens (including phenoxy) is 3. The van der Waals surface area contributed by atoms with Gasteiger partial charge in [-0.25, -0.2) is 4.79 Å². The molecule has 0 aliphatic rings. The molecule has 0 spiro atoms. The number of fused-ring (bicyclic) bond motifs is 1. The van der Waals surface area contributed by atoms with Gasteiger partial charge in [0.15, 0.2) is 0 Å². The molecule has 3 rings (SSSR count). The molecule has 0 aliphatic heterocycles. The molecule has 0 unspecified atom stereocenters. The molecule has 3 aromatic rings. The van der Waals surface area contributed by atoms with Crippen LogP contribution in [0.4, 0.5) is 5.69 Å². The number of pyridine rings is 1. The lowest BCUT2D eigenvalue weighted by molar-refractivity contribution is -0.384. The first-order valence-electron chi connectivity index (χ1n) is 7.61. The molecule has 0 saturated heterocycles. The molecular weight excluding hydrogens is 376 g/mol. The summed E-state index contributed by atoms with van der Waals surface area (Å²) in [5.41, 5.74) is 0.526. The lowest BCUT2D eigenvalue weighted by Gasteiger charge is -2.12. The second-order valence-electron chi connectivity index (χ2n) is 5.34. The van der Waals surface area contributed by atoms with E-state index >= 15 is 0 Å². The number of hydrogen-bond acceptors (Lipinski definition) is 7. The molecule has 0 radical (unpaired) electrons. The maximum Gasteiger partial charge on any atom is 0.341 e. The summed E-state index contributed by atoms with van der Waals surface area (Å²) in [6.07, 6.45) is 1.53. The van der Waals surface area contributed by atoms with Crippen LogP contribution >= 0.6 is 11.6 Å². The predicted molar refractivity (Wildman–Crippen MR) is 97.8 cm³/mol. The molecule has 27 heavy (non-hydrogen) atoms. The molecule has 9 heteroatoms. The first kappa shape index (κ1) is 18.4. The van der Waals surface area contributed by atoms with Crippen molar-refractivity contribution < 1.29 is 23.9 Å². The van der Waals surface area contributed by atoms with Crippen molar-refractivity contribution in [2.75, 3.05) is 14.2 Å². The number of nitrogens with zero attached hydrogens (tertiary/aromatic N) is 2. The molecule has 1 heterocycles. The Balaban J connectivity index is 2.08. The largest absolute Gasteiger partial charge is 0.496 e. The number of halogens is 1. The minimum atomic E-state index is -0.580. The molecule has 0 N–H and O–H groups in total. The van der Waals surface area contributed by atoms with E-state index in [0.29, 0.717) is 28.2 Å². The van der Waals surface area contributed by atoms with E-state index in [-0.39, 0.29) is 16.3 Å². The molecule has 0 amide bonds. The molecule has 0 saturated carbocycles. The average molecular weight is 389 g/mol. The van der Waals surface area contributed by atoms with Gasteiger partial charge in [-0.3, -0.25) is 15.1 Å². The van der Waals surface area contributed by atoms with E-state index < -0.39 is 10.9 Å². The van der Waals surface area contributed by atoms with Crippen molar-refractivity contribution >= 4 is 34.2 Å². The highest BCUT2D eigenvalue weighted by Crippen LogP contribution is 2.35. The van der Waals surface area contributed by atoms with Crippen molar-refractivity contribution in [2.45, 2.75) is 0 Å². The van der Waals surface area contributed by atoms with Gasteiger partial charge in [0.2, 0.25) is 0 Å². The van der Waals surface area contributed by atoms with Crippen LogP contribution in [0.3, 0.4) is 0 Å². The maximum absolute atomic E-state index is 12.0. The molecule has 0 fully saturated rings. The summed E-state index contributed by atoms with van der Waals surface area (Å²) in [7, 11) is 2.71. The van der Waals surface area contributed by atoms with Crippen molar-refractivity contribution in [3.05, 3.63) is 63.3 Å². The number of hydrogen-bond donors (Lipinski definition) is 0. The quantitative estimate of drug-likeness (QED) is 0.363. The van der Waals surface area contributed by atoms with Gasteiger partial charge in [-0.15, -0.1) is 0 Å². The molecular formula is C18H13ClN2O6. The fourth-order valence-electron chi connectivity index (χ4n) is 2.50. The lowest BCUT2D eigenvalue weighted by Crippen LogP contribution is -2.04. The molecule has 0 aliphatic carbocycles. The predicted octanol–water partition coefficient (Wildman–Crippen LogP) is 4.38. The number of esters is 1. The van der Waals surface area contributed by atoms with E-state index in [4.69, 9.17) is 25.8 Å². The lowest BCUT2D eigenvalue weighted by atomic mass is 10.1. The third-order valence-corrected chi connectivity index (χ3v) is 4.07. The Morgan fingerprint density at radius 1 is 1.15 bits per heavy atom. The molecule has 8 nitrogen and oxygen atoms in total. The summed E-state index contributed by atoms with van der Waals surface area (Å²) in [4.78, 5) is 26.5. The number of carbonyl (C=O) groups excluding carboxylic acids is 1. The summed E-state index contributed by atoms with van der Waals surface area (Å²) < 4.78 is 15.8. The number of nitro benzene ring substituents is 1. The number of carbonyl (C=O) groups is 1.